The second-order valence-corrected chi connectivity index (χ2v) is 6.50. The molecular formula is C15H22O3S. The van der Waals surface area contributed by atoms with Crippen LogP contribution in [0.5, 0.6) is 11.5 Å². The van der Waals surface area contributed by atoms with Crippen molar-refractivity contribution in [3.63, 3.8) is 0 Å². The van der Waals surface area contributed by atoms with Gasteiger partial charge in [0, 0.05) is 11.3 Å². The van der Waals surface area contributed by atoms with E-state index in [0.29, 0.717) is 5.75 Å². The minimum Gasteiger partial charge on any atom is -0.492 e. The van der Waals surface area contributed by atoms with Gasteiger partial charge in [-0.2, -0.15) is 11.8 Å². The van der Waals surface area contributed by atoms with Crippen LogP contribution in [0, 0.1) is 0 Å². The first kappa shape index (κ1) is 14.5. The Bertz CT molecular complexity index is 420. The molecule has 1 aromatic carbocycles. The highest BCUT2D eigenvalue weighted by Gasteiger charge is 2.25. The van der Waals surface area contributed by atoms with Crippen molar-refractivity contribution in [3.05, 3.63) is 23.8 Å². The van der Waals surface area contributed by atoms with Crippen molar-refractivity contribution < 1.29 is 14.6 Å². The first-order chi connectivity index (χ1) is 9.02. The first-order valence-electron chi connectivity index (χ1n) is 6.66. The number of ether oxygens (including phenoxy) is 2. The molecule has 0 bridgehead atoms. The van der Waals surface area contributed by atoms with Gasteiger partial charge in [0.15, 0.2) is 11.5 Å². The molecule has 1 heterocycles. The van der Waals surface area contributed by atoms with Crippen molar-refractivity contribution in [3.8, 4) is 11.5 Å². The smallest absolute Gasteiger partial charge is 0.166 e. The predicted octanol–water partition coefficient (Wildman–Crippen LogP) is 3.20. The molecule has 1 saturated heterocycles. The van der Waals surface area contributed by atoms with Crippen LogP contribution >= 0.6 is 11.8 Å². The van der Waals surface area contributed by atoms with Crippen molar-refractivity contribution >= 4 is 11.8 Å². The molecular weight excluding hydrogens is 260 g/mol. The van der Waals surface area contributed by atoms with Gasteiger partial charge >= 0.3 is 0 Å². The van der Waals surface area contributed by atoms with Crippen LogP contribution in [0.3, 0.4) is 0 Å². The quantitative estimate of drug-likeness (QED) is 0.920. The van der Waals surface area contributed by atoms with Crippen molar-refractivity contribution in [1.29, 1.82) is 0 Å². The second kappa shape index (κ2) is 6.06. The van der Waals surface area contributed by atoms with E-state index in [1.165, 1.54) is 12.2 Å². The zero-order chi connectivity index (χ0) is 13.9. The third-order valence-electron chi connectivity index (χ3n) is 3.25. The molecule has 1 fully saturated rings. The monoisotopic (exact) mass is 282 g/mol. The maximum atomic E-state index is 10.2. The molecule has 106 valence electrons. The summed E-state index contributed by atoms with van der Waals surface area (Å²) in [5.74, 6) is 3.62. The van der Waals surface area contributed by atoms with Gasteiger partial charge in [-0.25, -0.2) is 0 Å². The molecule has 1 aliphatic heterocycles. The number of aliphatic hydroxyl groups is 1. The normalized spacial score (nSPS) is 20.1. The Labute approximate surface area is 119 Å². The highest BCUT2D eigenvalue weighted by atomic mass is 32.2. The Morgan fingerprint density at radius 2 is 2.16 bits per heavy atom. The number of hydrogen-bond donors (Lipinski definition) is 1. The highest BCUT2D eigenvalue weighted by Crippen LogP contribution is 2.38. The maximum absolute atomic E-state index is 10.2. The Morgan fingerprint density at radius 3 is 2.74 bits per heavy atom. The molecule has 0 aromatic heterocycles. The van der Waals surface area contributed by atoms with Crippen LogP contribution in [0.15, 0.2) is 18.2 Å². The molecule has 1 atom stereocenters. The molecule has 0 radical (unpaired) electrons. The standard InChI is InChI=1S/C15H22O3S/c1-15(2,16)12-7-4-8-13(14(12)17-3)18-11-6-5-9-19-10-11/h4,7-8,11,16H,5-6,9-10H2,1-3H3. The molecule has 1 aliphatic rings. The van der Waals surface area contributed by atoms with Gasteiger partial charge in [0.05, 0.1) is 12.7 Å². The van der Waals surface area contributed by atoms with E-state index in [0.717, 1.165) is 23.5 Å². The first-order valence-corrected chi connectivity index (χ1v) is 7.82. The maximum Gasteiger partial charge on any atom is 0.166 e. The molecule has 1 aromatic rings. The Balaban J connectivity index is 2.24. The van der Waals surface area contributed by atoms with E-state index in [1.54, 1.807) is 21.0 Å². The minimum atomic E-state index is -0.938. The molecule has 4 heteroatoms. The van der Waals surface area contributed by atoms with Gasteiger partial charge in [0.2, 0.25) is 0 Å². The fourth-order valence-corrected chi connectivity index (χ4v) is 3.32. The van der Waals surface area contributed by atoms with E-state index in [1.807, 2.05) is 30.0 Å². The number of hydrogen-bond acceptors (Lipinski definition) is 4. The lowest BCUT2D eigenvalue weighted by molar-refractivity contribution is 0.0745. The van der Waals surface area contributed by atoms with Crippen LogP contribution in [0.25, 0.3) is 0 Å². The summed E-state index contributed by atoms with van der Waals surface area (Å²) in [6.45, 7) is 3.51. The van der Waals surface area contributed by atoms with Crippen molar-refractivity contribution in [2.75, 3.05) is 18.6 Å². The summed E-state index contributed by atoms with van der Waals surface area (Å²) in [5, 5.41) is 10.2. The third kappa shape index (κ3) is 3.57. The number of thioether (sulfide) groups is 1. The molecule has 2 rings (SSSR count). The second-order valence-electron chi connectivity index (χ2n) is 5.35. The molecule has 0 amide bonds. The van der Waals surface area contributed by atoms with Crippen LogP contribution < -0.4 is 9.47 Å². The van der Waals surface area contributed by atoms with Crippen LogP contribution in [0.1, 0.15) is 32.3 Å². The third-order valence-corrected chi connectivity index (χ3v) is 4.44. The van der Waals surface area contributed by atoms with E-state index in [9.17, 15) is 5.11 Å². The molecule has 1 N–H and O–H groups in total. The zero-order valence-electron chi connectivity index (χ0n) is 11.8. The van der Waals surface area contributed by atoms with Crippen molar-refractivity contribution in [1.82, 2.24) is 0 Å². The number of rotatable bonds is 4. The topological polar surface area (TPSA) is 38.7 Å². The van der Waals surface area contributed by atoms with Gasteiger partial charge in [-0.15, -0.1) is 0 Å². The fraction of sp³-hybridized carbons (Fsp3) is 0.600. The summed E-state index contributed by atoms with van der Waals surface area (Å²) in [5.41, 5.74) is -0.178. The summed E-state index contributed by atoms with van der Waals surface area (Å²) < 4.78 is 11.5. The summed E-state index contributed by atoms with van der Waals surface area (Å²) in [4.78, 5) is 0. The fourth-order valence-electron chi connectivity index (χ4n) is 2.28. The lowest BCUT2D eigenvalue weighted by Gasteiger charge is -2.26. The zero-order valence-corrected chi connectivity index (χ0v) is 12.6. The number of para-hydroxylation sites is 1. The Morgan fingerprint density at radius 1 is 1.37 bits per heavy atom. The van der Waals surface area contributed by atoms with Gasteiger partial charge in [0.1, 0.15) is 6.10 Å². The summed E-state index contributed by atoms with van der Waals surface area (Å²) >= 11 is 1.93. The summed E-state index contributed by atoms with van der Waals surface area (Å²) in [6.07, 6.45) is 2.52. The van der Waals surface area contributed by atoms with E-state index in [2.05, 4.69) is 0 Å². The molecule has 19 heavy (non-hydrogen) atoms. The average Bonchev–Trinajstić information content (AvgIpc) is 2.38. The molecule has 0 saturated carbocycles. The number of benzene rings is 1. The van der Waals surface area contributed by atoms with Gasteiger partial charge in [0.25, 0.3) is 0 Å². The molecule has 0 spiro atoms. The lowest BCUT2D eigenvalue weighted by atomic mass is 9.97. The van der Waals surface area contributed by atoms with E-state index < -0.39 is 5.60 Å². The van der Waals surface area contributed by atoms with Crippen molar-refractivity contribution in [2.45, 2.75) is 38.4 Å². The average molecular weight is 282 g/mol. The largest absolute Gasteiger partial charge is 0.492 e. The van der Waals surface area contributed by atoms with Crippen LogP contribution in [-0.2, 0) is 5.60 Å². The van der Waals surface area contributed by atoms with E-state index >= 15 is 0 Å². The predicted molar refractivity (Wildman–Crippen MR) is 79.2 cm³/mol. The van der Waals surface area contributed by atoms with Gasteiger partial charge < -0.3 is 14.6 Å². The number of methoxy groups -OCH3 is 1. The van der Waals surface area contributed by atoms with E-state index in [-0.39, 0.29) is 6.10 Å². The Hall–Kier alpha value is -0.870. The van der Waals surface area contributed by atoms with Crippen molar-refractivity contribution in [2.24, 2.45) is 0 Å². The van der Waals surface area contributed by atoms with Gasteiger partial charge in [-0.05, 0) is 38.5 Å². The lowest BCUT2D eigenvalue weighted by Crippen LogP contribution is -2.24. The Kier molecular flexibility index (Phi) is 4.63. The van der Waals surface area contributed by atoms with Crippen LogP contribution in [0.2, 0.25) is 0 Å². The molecule has 3 nitrogen and oxygen atoms in total. The summed E-state index contributed by atoms with van der Waals surface area (Å²) in [6, 6.07) is 5.69. The summed E-state index contributed by atoms with van der Waals surface area (Å²) in [7, 11) is 1.62. The minimum absolute atomic E-state index is 0.240. The van der Waals surface area contributed by atoms with Gasteiger partial charge in [-0.1, -0.05) is 12.1 Å². The molecule has 0 aliphatic carbocycles. The highest BCUT2D eigenvalue weighted by molar-refractivity contribution is 7.99. The van der Waals surface area contributed by atoms with Crippen LogP contribution in [-0.4, -0.2) is 29.8 Å². The van der Waals surface area contributed by atoms with Crippen LogP contribution in [0.4, 0.5) is 0 Å². The SMILES string of the molecule is COc1c(OC2CCCSC2)cccc1C(C)(C)O. The van der Waals surface area contributed by atoms with E-state index in [4.69, 9.17) is 9.47 Å². The molecule has 1 unspecified atom stereocenters. The van der Waals surface area contributed by atoms with Gasteiger partial charge in [-0.3, -0.25) is 0 Å².